The lowest BCUT2D eigenvalue weighted by molar-refractivity contribution is 0.0278. The van der Waals surface area contributed by atoms with Crippen molar-refractivity contribution in [3.8, 4) is 5.75 Å². The molecule has 5 nitrogen and oxygen atoms in total. The van der Waals surface area contributed by atoms with Gasteiger partial charge in [-0.3, -0.25) is 0 Å². The van der Waals surface area contributed by atoms with Gasteiger partial charge in [0.2, 0.25) is 0 Å². The Morgan fingerprint density at radius 1 is 1.04 bits per heavy atom. The summed E-state index contributed by atoms with van der Waals surface area (Å²) in [6, 6.07) is 16.0. The van der Waals surface area contributed by atoms with Crippen LogP contribution in [0.1, 0.15) is 30.1 Å². The molecule has 144 valence electrons. The number of phenolic OH excluding ortho intramolecular Hbond substituents is 1. The van der Waals surface area contributed by atoms with Gasteiger partial charge in [0.25, 0.3) is 0 Å². The van der Waals surface area contributed by atoms with Gasteiger partial charge >= 0.3 is 0 Å². The van der Waals surface area contributed by atoms with Gasteiger partial charge in [-0.15, -0.1) is 5.73 Å². The summed E-state index contributed by atoms with van der Waals surface area (Å²) in [5.74, 6) is 0.146. The normalized spacial score (nSPS) is 12.9. The maximum absolute atomic E-state index is 10.1. The maximum Gasteiger partial charge on any atom is 0.115 e. The molecule has 0 heterocycles. The highest BCUT2D eigenvalue weighted by Crippen LogP contribution is 2.19. The molecule has 5 heteroatoms. The summed E-state index contributed by atoms with van der Waals surface area (Å²) < 4.78 is 5.49. The van der Waals surface area contributed by atoms with Crippen molar-refractivity contribution in [2.45, 2.75) is 31.7 Å². The van der Waals surface area contributed by atoms with Gasteiger partial charge in [-0.05, 0) is 34.9 Å². The molecule has 0 fully saturated rings. The Bertz CT molecular complexity index is 733. The van der Waals surface area contributed by atoms with Gasteiger partial charge in [0, 0.05) is 12.8 Å². The maximum atomic E-state index is 10.1. The Hall–Kier alpha value is -2.40. The van der Waals surface area contributed by atoms with Crippen LogP contribution in [0, 0.1) is 0 Å². The third kappa shape index (κ3) is 7.79. The molecule has 0 saturated heterocycles. The van der Waals surface area contributed by atoms with E-state index in [0.29, 0.717) is 24.2 Å². The molecule has 0 radical (unpaired) electrons. The average Bonchev–Trinajstić information content (AvgIpc) is 2.68. The first-order valence-electron chi connectivity index (χ1n) is 8.89. The van der Waals surface area contributed by atoms with Crippen molar-refractivity contribution in [2.24, 2.45) is 0 Å². The number of aliphatic hydroxyl groups excluding tert-OH is 3. The first-order valence-corrected chi connectivity index (χ1v) is 8.89. The zero-order valence-electron chi connectivity index (χ0n) is 15.2. The van der Waals surface area contributed by atoms with E-state index >= 15 is 0 Å². The quantitative estimate of drug-likeness (QED) is 0.483. The SMILES string of the molecule is OCC(=C=CC[C@@H](O)c1ccc(O)cc1)C[C@@H](O)COCc1ccccc1. The Morgan fingerprint density at radius 3 is 2.41 bits per heavy atom. The number of hydrogen-bond donors (Lipinski definition) is 4. The molecule has 0 aromatic heterocycles. The van der Waals surface area contributed by atoms with Crippen LogP contribution in [0.3, 0.4) is 0 Å². The second-order valence-corrected chi connectivity index (χ2v) is 6.31. The van der Waals surface area contributed by atoms with E-state index in [4.69, 9.17) is 4.74 Å². The lowest BCUT2D eigenvalue weighted by Gasteiger charge is -2.12. The first kappa shape index (κ1) is 20.9. The molecule has 2 rings (SSSR count). The molecule has 2 aromatic rings. The Labute approximate surface area is 159 Å². The molecule has 0 spiro atoms. The van der Waals surface area contributed by atoms with E-state index in [1.807, 2.05) is 30.3 Å². The number of phenols is 1. The van der Waals surface area contributed by atoms with Crippen molar-refractivity contribution >= 4 is 0 Å². The lowest BCUT2D eigenvalue weighted by Crippen LogP contribution is -2.16. The minimum absolute atomic E-state index is 0.146. The molecular weight excluding hydrogens is 344 g/mol. The third-order valence-electron chi connectivity index (χ3n) is 4.02. The molecule has 0 bridgehead atoms. The van der Waals surface area contributed by atoms with E-state index in [-0.39, 0.29) is 25.4 Å². The number of aliphatic hydroxyl groups is 3. The van der Waals surface area contributed by atoms with Crippen molar-refractivity contribution in [1.29, 1.82) is 0 Å². The lowest BCUT2D eigenvalue weighted by atomic mass is 10.1. The number of benzene rings is 2. The monoisotopic (exact) mass is 370 g/mol. The zero-order chi connectivity index (χ0) is 19.5. The second kappa shape index (κ2) is 11.3. The molecule has 4 N–H and O–H groups in total. The van der Waals surface area contributed by atoms with Gasteiger partial charge in [-0.1, -0.05) is 42.5 Å². The Morgan fingerprint density at radius 2 is 1.74 bits per heavy atom. The molecular formula is C22H26O5. The zero-order valence-corrected chi connectivity index (χ0v) is 15.2. The van der Waals surface area contributed by atoms with Crippen LogP contribution in [-0.2, 0) is 11.3 Å². The minimum Gasteiger partial charge on any atom is -0.508 e. The number of ether oxygens (including phenoxy) is 1. The second-order valence-electron chi connectivity index (χ2n) is 6.31. The van der Waals surface area contributed by atoms with Crippen molar-refractivity contribution < 1.29 is 25.2 Å². The summed E-state index contributed by atoms with van der Waals surface area (Å²) in [5.41, 5.74) is 5.20. The van der Waals surface area contributed by atoms with E-state index in [9.17, 15) is 20.4 Å². The first-order chi connectivity index (χ1) is 13.1. The molecule has 0 aliphatic heterocycles. The molecule has 2 aromatic carbocycles. The summed E-state index contributed by atoms with van der Waals surface area (Å²) in [4.78, 5) is 0. The predicted octanol–water partition coefficient (Wildman–Crippen LogP) is 2.86. The molecule has 0 amide bonds. The molecule has 2 atom stereocenters. The summed E-state index contributed by atoms with van der Waals surface area (Å²) in [6.45, 7) is 0.364. The number of rotatable bonds is 10. The van der Waals surface area contributed by atoms with Crippen LogP contribution in [-0.4, -0.2) is 39.7 Å². The topological polar surface area (TPSA) is 90.2 Å². The Kier molecular flexibility index (Phi) is 8.78. The summed E-state index contributed by atoms with van der Waals surface area (Å²) in [7, 11) is 0. The number of aromatic hydroxyl groups is 1. The average molecular weight is 370 g/mol. The summed E-state index contributed by atoms with van der Waals surface area (Å²) in [5, 5.41) is 38.9. The van der Waals surface area contributed by atoms with Crippen molar-refractivity contribution in [3.05, 3.63) is 83.1 Å². The van der Waals surface area contributed by atoms with E-state index in [2.05, 4.69) is 5.73 Å². The fourth-order valence-electron chi connectivity index (χ4n) is 2.55. The van der Waals surface area contributed by atoms with E-state index < -0.39 is 12.2 Å². The van der Waals surface area contributed by atoms with Crippen LogP contribution in [0.5, 0.6) is 5.75 Å². The van der Waals surface area contributed by atoms with Gasteiger partial charge in [0.05, 0.1) is 32.0 Å². The van der Waals surface area contributed by atoms with Crippen molar-refractivity contribution in [2.75, 3.05) is 13.2 Å². The molecule has 0 aliphatic rings. The van der Waals surface area contributed by atoms with Gasteiger partial charge in [0.1, 0.15) is 5.75 Å². The summed E-state index contributed by atoms with van der Waals surface area (Å²) in [6.07, 6.45) is 0.739. The number of hydrogen-bond acceptors (Lipinski definition) is 5. The molecule has 0 unspecified atom stereocenters. The van der Waals surface area contributed by atoms with Gasteiger partial charge in [-0.2, -0.15) is 0 Å². The van der Waals surface area contributed by atoms with Crippen molar-refractivity contribution in [1.82, 2.24) is 0 Å². The highest BCUT2D eigenvalue weighted by Gasteiger charge is 2.08. The van der Waals surface area contributed by atoms with Crippen LogP contribution in [0.25, 0.3) is 0 Å². The summed E-state index contributed by atoms with van der Waals surface area (Å²) >= 11 is 0. The molecule has 0 aliphatic carbocycles. The molecule has 0 saturated carbocycles. The highest BCUT2D eigenvalue weighted by atomic mass is 16.5. The van der Waals surface area contributed by atoms with Crippen LogP contribution in [0.15, 0.2) is 72.0 Å². The van der Waals surface area contributed by atoms with Crippen LogP contribution in [0.4, 0.5) is 0 Å². The standard InChI is InChI=1S/C22H26O5/c23-14-18(7-4-8-22(26)19-9-11-20(24)12-10-19)13-21(25)16-27-15-17-5-2-1-3-6-17/h1-6,9-12,21-26H,8,13-16H2/t7?,21-,22-/m1/s1. The van der Waals surface area contributed by atoms with Gasteiger partial charge in [-0.25, -0.2) is 0 Å². The third-order valence-corrected chi connectivity index (χ3v) is 4.02. The van der Waals surface area contributed by atoms with Crippen LogP contribution < -0.4 is 0 Å². The predicted molar refractivity (Wildman–Crippen MR) is 103 cm³/mol. The van der Waals surface area contributed by atoms with Gasteiger partial charge in [0.15, 0.2) is 0 Å². The van der Waals surface area contributed by atoms with Crippen LogP contribution >= 0.6 is 0 Å². The van der Waals surface area contributed by atoms with E-state index in [0.717, 1.165) is 5.56 Å². The minimum atomic E-state index is -0.737. The van der Waals surface area contributed by atoms with E-state index in [1.165, 1.54) is 12.1 Å². The highest BCUT2D eigenvalue weighted by molar-refractivity contribution is 5.27. The smallest absolute Gasteiger partial charge is 0.115 e. The van der Waals surface area contributed by atoms with Crippen molar-refractivity contribution in [3.63, 3.8) is 0 Å². The largest absolute Gasteiger partial charge is 0.508 e. The fourth-order valence-corrected chi connectivity index (χ4v) is 2.55. The fraction of sp³-hybridized carbons (Fsp3) is 0.318. The van der Waals surface area contributed by atoms with E-state index in [1.54, 1.807) is 18.2 Å². The molecule has 27 heavy (non-hydrogen) atoms. The van der Waals surface area contributed by atoms with Crippen LogP contribution in [0.2, 0.25) is 0 Å². The van der Waals surface area contributed by atoms with Gasteiger partial charge < -0.3 is 25.2 Å². The Balaban J connectivity index is 1.79.